The minimum absolute atomic E-state index is 0.275. The number of nitrogens with one attached hydrogen (secondary N) is 1. The van der Waals surface area contributed by atoms with E-state index in [-0.39, 0.29) is 5.91 Å². The number of likely N-dealkylation sites (N-methyl/N-ethyl adjacent to an activating group) is 1. The first-order chi connectivity index (χ1) is 13.7. The van der Waals surface area contributed by atoms with Crippen LogP contribution in [0.5, 0.6) is 0 Å². The van der Waals surface area contributed by atoms with Crippen LogP contribution in [0.1, 0.15) is 23.4 Å². The van der Waals surface area contributed by atoms with E-state index in [1.54, 1.807) is 11.3 Å². The number of thiazole rings is 1. The summed E-state index contributed by atoms with van der Waals surface area (Å²) in [4.78, 5) is 20.7. The predicted octanol–water partition coefficient (Wildman–Crippen LogP) is 2.79. The average Bonchev–Trinajstić information content (AvgIpc) is 3.11. The molecule has 2 heterocycles. The van der Waals surface area contributed by atoms with E-state index in [2.05, 4.69) is 54.4 Å². The van der Waals surface area contributed by atoms with Crippen LogP contribution in [0.25, 0.3) is 10.2 Å². The van der Waals surface area contributed by atoms with E-state index in [4.69, 9.17) is 4.98 Å². The van der Waals surface area contributed by atoms with Gasteiger partial charge in [-0.25, -0.2) is 4.98 Å². The molecule has 0 bridgehead atoms. The van der Waals surface area contributed by atoms with Crippen LogP contribution in [0.2, 0.25) is 0 Å². The highest BCUT2D eigenvalue weighted by Crippen LogP contribution is 2.22. The Morgan fingerprint density at radius 1 is 1.11 bits per heavy atom. The van der Waals surface area contributed by atoms with Gasteiger partial charge in [-0.1, -0.05) is 42.5 Å². The number of aromatic nitrogens is 1. The Balaban J connectivity index is 1.24. The Hall–Kier alpha value is -2.24. The van der Waals surface area contributed by atoms with Gasteiger partial charge in [0.25, 0.3) is 5.91 Å². The van der Waals surface area contributed by atoms with Gasteiger partial charge in [0, 0.05) is 13.1 Å². The number of piperidine rings is 1. The van der Waals surface area contributed by atoms with E-state index in [0.29, 0.717) is 12.5 Å². The quantitative estimate of drug-likeness (QED) is 0.698. The maximum absolute atomic E-state index is 12.7. The van der Waals surface area contributed by atoms with Gasteiger partial charge in [-0.15, -0.1) is 11.3 Å². The van der Waals surface area contributed by atoms with Crippen molar-refractivity contribution in [1.29, 1.82) is 0 Å². The molecule has 4 rings (SSSR count). The second-order valence-corrected chi connectivity index (χ2v) is 9.02. The second kappa shape index (κ2) is 8.84. The summed E-state index contributed by atoms with van der Waals surface area (Å²) in [6.45, 7) is 3.13. The van der Waals surface area contributed by atoms with Crippen LogP contribution in [-0.4, -0.2) is 42.5 Å². The molecule has 1 amide bonds. The van der Waals surface area contributed by atoms with Gasteiger partial charge in [-0.3, -0.25) is 4.79 Å². The number of hydrogen-bond donors (Lipinski definition) is 1. The summed E-state index contributed by atoms with van der Waals surface area (Å²) in [5, 5.41) is 1.10. The molecule has 0 spiro atoms. The summed E-state index contributed by atoms with van der Waals surface area (Å²) in [5.74, 6) is 0.969. The number of hydrogen-bond acceptors (Lipinski definition) is 3. The monoisotopic (exact) mass is 394 g/mol. The van der Waals surface area contributed by atoms with Crippen molar-refractivity contribution in [1.82, 2.24) is 9.88 Å². The topological polar surface area (TPSA) is 37.6 Å². The van der Waals surface area contributed by atoms with Gasteiger partial charge in [-0.05, 0) is 42.9 Å². The summed E-state index contributed by atoms with van der Waals surface area (Å²) < 4.78 is 1.22. The molecule has 1 aromatic heterocycles. The number of benzene rings is 2. The summed E-state index contributed by atoms with van der Waals surface area (Å²) in [6.07, 6.45) is 3.35. The first-order valence-corrected chi connectivity index (χ1v) is 11.0. The fourth-order valence-corrected chi connectivity index (χ4v) is 5.10. The highest BCUT2D eigenvalue weighted by atomic mass is 32.1. The first-order valence-electron chi connectivity index (χ1n) is 10.1. The Kier molecular flexibility index (Phi) is 6.03. The molecular weight excluding hydrogens is 366 g/mol. The van der Waals surface area contributed by atoms with E-state index in [1.807, 2.05) is 12.1 Å². The number of quaternary nitrogens is 1. The highest BCUT2D eigenvalue weighted by Gasteiger charge is 2.25. The van der Waals surface area contributed by atoms with Crippen molar-refractivity contribution in [3.63, 3.8) is 0 Å². The van der Waals surface area contributed by atoms with E-state index >= 15 is 0 Å². The number of rotatable bonds is 6. The van der Waals surface area contributed by atoms with Crippen molar-refractivity contribution >= 4 is 27.5 Å². The largest absolute Gasteiger partial charge is 0.338 e. The third kappa shape index (κ3) is 4.78. The van der Waals surface area contributed by atoms with Crippen LogP contribution in [-0.2, 0) is 17.8 Å². The summed E-state index contributed by atoms with van der Waals surface area (Å²) in [6, 6.07) is 18.9. The lowest BCUT2D eigenvalue weighted by atomic mass is 9.90. The van der Waals surface area contributed by atoms with Crippen molar-refractivity contribution < 1.29 is 9.69 Å². The van der Waals surface area contributed by atoms with Gasteiger partial charge in [-0.2, -0.15) is 0 Å². The summed E-state index contributed by atoms with van der Waals surface area (Å²) >= 11 is 1.73. The molecule has 0 aliphatic carbocycles. The van der Waals surface area contributed by atoms with Crippen LogP contribution < -0.4 is 4.90 Å². The smallest absolute Gasteiger partial charge is 0.277 e. The lowest BCUT2D eigenvalue weighted by molar-refractivity contribution is -0.885. The number of para-hydroxylation sites is 1. The molecule has 1 saturated heterocycles. The maximum atomic E-state index is 12.7. The molecule has 1 N–H and O–H groups in total. The van der Waals surface area contributed by atoms with Gasteiger partial charge in [0.2, 0.25) is 0 Å². The molecular formula is C23H28N3OS+. The summed E-state index contributed by atoms with van der Waals surface area (Å²) in [7, 11) is 2.09. The lowest BCUT2D eigenvalue weighted by Crippen LogP contribution is -3.08. The zero-order valence-electron chi connectivity index (χ0n) is 16.4. The molecule has 3 aromatic rings. The SMILES string of the molecule is C[NH+](CC(=O)N1CCC(Cc2ccccc2)CC1)Cc1nc2ccccc2s1. The minimum atomic E-state index is 0.275. The van der Waals surface area contributed by atoms with Crippen LogP contribution in [0.15, 0.2) is 54.6 Å². The van der Waals surface area contributed by atoms with Crippen molar-refractivity contribution in [2.24, 2.45) is 5.92 Å². The highest BCUT2D eigenvalue weighted by molar-refractivity contribution is 7.18. The average molecular weight is 395 g/mol. The zero-order chi connectivity index (χ0) is 19.3. The molecule has 0 saturated carbocycles. The van der Waals surface area contributed by atoms with Crippen molar-refractivity contribution in [2.75, 3.05) is 26.7 Å². The number of nitrogens with zero attached hydrogens (tertiary/aromatic N) is 2. The predicted molar refractivity (Wildman–Crippen MR) is 115 cm³/mol. The molecule has 0 radical (unpaired) electrons. The molecule has 1 aliphatic heterocycles. The Morgan fingerprint density at radius 2 is 1.82 bits per heavy atom. The number of fused-ring (bicyclic) bond motifs is 1. The van der Waals surface area contributed by atoms with E-state index in [1.165, 1.54) is 15.2 Å². The maximum Gasteiger partial charge on any atom is 0.277 e. The molecule has 2 aromatic carbocycles. The molecule has 146 valence electrons. The standard InChI is InChI=1S/C23H27N3OS/c1-25(16-22-24-20-9-5-6-10-21(20)28-22)17-23(27)26-13-11-19(12-14-26)15-18-7-3-2-4-8-18/h2-10,19H,11-17H2,1H3/p+1. The Labute approximate surface area is 170 Å². The van der Waals surface area contributed by atoms with Crippen molar-refractivity contribution in [3.8, 4) is 0 Å². The van der Waals surface area contributed by atoms with Crippen molar-refractivity contribution in [3.05, 3.63) is 65.2 Å². The van der Waals surface area contributed by atoms with Gasteiger partial charge in [0.05, 0.1) is 17.3 Å². The molecule has 1 aliphatic rings. The lowest BCUT2D eigenvalue weighted by Gasteiger charge is -2.32. The number of likely N-dealkylation sites (tertiary alicyclic amines) is 1. The molecule has 5 heteroatoms. The van der Waals surface area contributed by atoms with E-state index in [0.717, 1.165) is 49.4 Å². The number of carbonyl (C=O) groups excluding carboxylic acids is 1. The van der Waals surface area contributed by atoms with Crippen LogP contribution in [0, 0.1) is 5.92 Å². The Bertz CT molecular complexity index is 883. The molecule has 1 unspecified atom stereocenters. The molecule has 4 nitrogen and oxygen atoms in total. The van der Waals surface area contributed by atoms with Crippen LogP contribution >= 0.6 is 11.3 Å². The molecule has 28 heavy (non-hydrogen) atoms. The van der Waals surface area contributed by atoms with Gasteiger partial charge < -0.3 is 9.80 Å². The summed E-state index contributed by atoms with van der Waals surface area (Å²) in [5.41, 5.74) is 2.47. The third-order valence-corrected chi connectivity index (χ3v) is 6.62. The van der Waals surface area contributed by atoms with Crippen molar-refractivity contribution in [2.45, 2.75) is 25.8 Å². The molecule has 1 fully saturated rings. The van der Waals surface area contributed by atoms with Gasteiger partial charge in [0.1, 0.15) is 11.6 Å². The fraction of sp³-hybridized carbons (Fsp3) is 0.391. The number of amides is 1. The van der Waals surface area contributed by atoms with E-state index in [9.17, 15) is 4.79 Å². The van der Waals surface area contributed by atoms with Crippen LogP contribution in [0.4, 0.5) is 0 Å². The zero-order valence-corrected chi connectivity index (χ0v) is 17.3. The molecule has 1 atom stereocenters. The van der Waals surface area contributed by atoms with Gasteiger partial charge in [0.15, 0.2) is 6.54 Å². The van der Waals surface area contributed by atoms with Gasteiger partial charge >= 0.3 is 0 Å². The third-order valence-electron chi connectivity index (χ3n) is 5.58. The fourth-order valence-electron chi connectivity index (χ4n) is 4.02. The minimum Gasteiger partial charge on any atom is -0.338 e. The normalized spacial score (nSPS) is 16.4. The first kappa shape index (κ1) is 19.1. The van der Waals surface area contributed by atoms with E-state index < -0.39 is 0 Å². The second-order valence-electron chi connectivity index (χ2n) is 7.90. The van der Waals surface area contributed by atoms with Crippen LogP contribution in [0.3, 0.4) is 0 Å². The number of carbonyl (C=O) groups is 1. The Morgan fingerprint density at radius 3 is 2.57 bits per heavy atom.